The van der Waals surface area contributed by atoms with Gasteiger partial charge in [0, 0.05) is 11.6 Å². The zero-order valence-corrected chi connectivity index (χ0v) is 10.1. The van der Waals surface area contributed by atoms with Crippen LogP contribution < -0.4 is 5.73 Å². The van der Waals surface area contributed by atoms with Crippen LogP contribution in [0.3, 0.4) is 0 Å². The second kappa shape index (κ2) is 5.16. The zero-order valence-electron chi connectivity index (χ0n) is 8.51. The largest absolute Gasteiger partial charge is 0.416 e. The molecule has 1 atom stereocenters. The van der Waals surface area contributed by atoms with Crippen molar-refractivity contribution in [2.45, 2.75) is 12.2 Å². The molecule has 2 nitrogen and oxygen atoms in total. The molecule has 0 aliphatic heterocycles. The Balaban J connectivity index is 3.00. The van der Waals surface area contributed by atoms with E-state index in [2.05, 4.69) is 15.9 Å². The SMILES string of the molecule is COC[C@@H](N)c1ccc(C(F)(F)F)cc1Br. The fraction of sp³-hybridized carbons (Fsp3) is 0.400. The van der Waals surface area contributed by atoms with Gasteiger partial charge in [0.15, 0.2) is 0 Å². The summed E-state index contributed by atoms with van der Waals surface area (Å²) >= 11 is 3.07. The minimum absolute atomic E-state index is 0.254. The molecule has 1 aromatic carbocycles. The lowest BCUT2D eigenvalue weighted by molar-refractivity contribution is -0.137. The Labute approximate surface area is 99.7 Å². The Bertz CT molecular complexity index is 368. The number of hydrogen-bond donors (Lipinski definition) is 1. The van der Waals surface area contributed by atoms with Gasteiger partial charge in [-0.2, -0.15) is 13.2 Å². The summed E-state index contributed by atoms with van der Waals surface area (Å²) in [5, 5.41) is 0. The van der Waals surface area contributed by atoms with Crippen LogP contribution in [0.15, 0.2) is 22.7 Å². The minimum atomic E-state index is -4.34. The summed E-state index contributed by atoms with van der Waals surface area (Å²) < 4.78 is 42.3. The third-order valence-electron chi connectivity index (χ3n) is 2.07. The molecule has 6 heteroatoms. The van der Waals surface area contributed by atoms with Crippen molar-refractivity contribution in [3.63, 3.8) is 0 Å². The van der Waals surface area contributed by atoms with Gasteiger partial charge in [-0.1, -0.05) is 22.0 Å². The summed E-state index contributed by atoms with van der Waals surface area (Å²) in [6.07, 6.45) is -4.34. The lowest BCUT2D eigenvalue weighted by atomic mass is 10.1. The average molecular weight is 298 g/mol. The van der Waals surface area contributed by atoms with E-state index in [1.54, 1.807) is 0 Å². The van der Waals surface area contributed by atoms with Crippen LogP contribution in [0.25, 0.3) is 0 Å². The monoisotopic (exact) mass is 297 g/mol. The van der Waals surface area contributed by atoms with Gasteiger partial charge in [-0.05, 0) is 17.7 Å². The maximum absolute atomic E-state index is 12.4. The van der Waals surface area contributed by atoms with Crippen molar-refractivity contribution in [1.82, 2.24) is 0 Å². The van der Waals surface area contributed by atoms with Crippen molar-refractivity contribution < 1.29 is 17.9 Å². The zero-order chi connectivity index (χ0) is 12.3. The van der Waals surface area contributed by atoms with Gasteiger partial charge in [0.2, 0.25) is 0 Å². The van der Waals surface area contributed by atoms with Gasteiger partial charge in [-0.15, -0.1) is 0 Å². The fourth-order valence-corrected chi connectivity index (χ4v) is 1.95. The number of rotatable bonds is 3. The molecule has 0 aliphatic rings. The molecule has 0 aromatic heterocycles. The normalized spacial score (nSPS) is 13.9. The van der Waals surface area contributed by atoms with E-state index in [9.17, 15) is 13.2 Å². The summed E-state index contributed by atoms with van der Waals surface area (Å²) in [6.45, 7) is 0.254. The van der Waals surface area contributed by atoms with Gasteiger partial charge in [0.1, 0.15) is 0 Å². The smallest absolute Gasteiger partial charge is 0.383 e. The Kier molecular flexibility index (Phi) is 4.35. The summed E-state index contributed by atoms with van der Waals surface area (Å²) in [5.41, 5.74) is 5.62. The second-order valence-electron chi connectivity index (χ2n) is 3.30. The lowest BCUT2D eigenvalue weighted by Gasteiger charge is -2.14. The van der Waals surface area contributed by atoms with E-state index in [1.807, 2.05) is 0 Å². The molecule has 2 N–H and O–H groups in total. The maximum atomic E-state index is 12.4. The number of methoxy groups -OCH3 is 1. The third-order valence-corrected chi connectivity index (χ3v) is 2.76. The topological polar surface area (TPSA) is 35.2 Å². The first-order valence-electron chi connectivity index (χ1n) is 4.47. The Morgan fingerprint density at radius 2 is 2.06 bits per heavy atom. The average Bonchev–Trinajstić information content (AvgIpc) is 2.16. The van der Waals surface area contributed by atoms with E-state index in [0.29, 0.717) is 10.0 Å². The minimum Gasteiger partial charge on any atom is -0.383 e. The standard InChI is InChI=1S/C10H11BrF3NO/c1-16-5-9(15)7-3-2-6(4-8(7)11)10(12,13)14/h2-4,9H,5,15H2,1H3/t9-/m1/s1. The first-order valence-corrected chi connectivity index (χ1v) is 5.26. The molecule has 0 bridgehead atoms. The molecule has 0 saturated carbocycles. The quantitative estimate of drug-likeness (QED) is 0.930. The predicted octanol–water partition coefficient (Wildman–Crippen LogP) is 3.11. The van der Waals surface area contributed by atoms with Crippen molar-refractivity contribution >= 4 is 15.9 Å². The first kappa shape index (κ1) is 13.5. The number of hydrogen-bond acceptors (Lipinski definition) is 2. The molecular formula is C10H11BrF3NO. The Morgan fingerprint density at radius 1 is 1.44 bits per heavy atom. The van der Waals surface area contributed by atoms with Crippen molar-refractivity contribution in [1.29, 1.82) is 0 Å². The number of nitrogens with two attached hydrogens (primary N) is 1. The molecule has 0 radical (unpaired) electrons. The highest BCUT2D eigenvalue weighted by Gasteiger charge is 2.31. The van der Waals surface area contributed by atoms with Crippen LogP contribution in [0.1, 0.15) is 17.2 Å². The number of ether oxygens (including phenoxy) is 1. The van der Waals surface area contributed by atoms with E-state index in [-0.39, 0.29) is 6.61 Å². The van der Waals surface area contributed by atoms with E-state index in [4.69, 9.17) is 10.5 Å². The van der Waals surface area contributed by atoms with Crippen LogP contribution in [0, 0.1) is 0 Å². The number of halogens is 4. The third kappa shape index (κ3) is 3.20. The lowest BCUT2D eigenvalue weighted by Crippen LogP contribution is -2.17. The van der Waals surface area contributed by atoms with E-state index in [1.165, 1.54) is 13.2 Å². The van der Waals surface area contributed by atoms with Gasteiger partial charge in [0.25, 0.3) is 0 Å². The highest BCUT2D eigenvalue weighted by atomic mass is 79.9. The van der Waals surface area contributed by atoms with E-state index in [0.717, 1.165) is 12.1 Å². The summed E-state index contributed by atoms with van der Waals surface area (Å²) in [6, 6.07) is 2.94. The highest BCUT2D eigenvalue weighted by Crippen LogP contribution is 2.33. The molecule has 0 spiro atoms. The molecule has 0 saturated heterocycles. The Hall–Kier alpha value is -0.590. The molecule has 90 valence electrons. The molecule has 0 fully saturated rings. The van der Waals surface area contributed by atoms with Gasteiger partial charge in [-0.3, -0.25) is 0 Å². The van der Waals surface area contributed by atoms with Crippen LogP contribution >= 0.6 is 15.9 Å². The number of alkyl halides is 3. The molecule has 16 heavy (non-hydrogen) atoms. The second-order valence-corrected chi connectivity index (χ2v) is 4.15. The van der Waals surface area contributed by atoms with Crippen molar-refractivity contribution in [3.05, 3.63) is 33.8 Å². The van der Waals surface area contributed by atoms with Gasteiger partial charge >= 0.3 is 6.18 Å². The summed E-state index contributed by atoms with van der Waals surface area (Å²) in [5.74, 6) is 0. The highest BCUT2D eigenvalue weighted by molar-refractivity contribution is 9.10. The molecule has 0 unspecified atom stereocenters. The van der Waals surface area contributed by atoms with Crippen molar-refractivity contribution in [2.24, 2.45) is 5.73 Å². The van der Waals surface area contributed by atoms with Crippen molar-refractivity contribution in [2.75, 3.05) is 13.7 Å². The molecule has 0 aliphatic carbocycles. The van der Waals surface area contributed by atoms with E-state index >= 15 is 0 Å². The van der Waals surface area contributed by atoms with Crippen LogP contribution in [0.5, 0.6) is 0 Å². The molecule has 0 heterocycles. The number of benzene rings is 1. The maximum Gasteiger partial charge on any atom is 0.416 e. The Morgan fingerprint density at radius 3 is 2.50 bits per heavy atom. The van der Waals surface area contributed by atoms with E-state index < -0.39 is 17.8 Å². The molecule has 1 rings (SSSR count). The van der Waals surface area contributed by atoms with Gasteiger partial charge < -0.3 is 10.5 Å². The fourth-order valence-electron chi connectivity index (χ4n) is 1.27. The first-order chi connectivity index (χ1) is 7.36. The van der Waals surface area contributed by atoms with Crippen molar-refractivity contribution in [3.8, 4) is 0 Å². The summed E-state index contributed by atoms with van der Waals surface area (Å²) in [7, 11) is 1.48. The molecule has 0 amide bonds. The summed E-state index contributed by atoms with van der Waals surface area (Å²) in [4.78, 5) is 0. The van der Waals surface area contributed by atoms with Gasteiger partial charge in [0.05, 0.1) is 18.2 Å². The molecular weight excluding hydrogens is 287 g/mol. The van der Waals surface area contributed by atoms with Gasteiger partial charge in [-0.25, -0.2) is 0 Å². The van der Waals surface area contributed by atoms with Crippen LogP contribution in [-0.4, -0.2) is 13.7 Å². The van der Waals surface area contributed by atoms with Crippen LogP contribution in [0.4, 0.5) is 13.2 Å². The van der Waals surface area contributed by atoms with Crippen LogP contribution in [0.2, 0.25) is 0 Å². The van der Waals surface area contributed by atoms with Crippen LogP contribution in [-0.2, 0) is 10.9 Å². The molecule has 1 aromatic rings. The predicted molar refractivity (Wildman–Crippen MR) is 57.9 cm³/mol.